The topological polar surface area (TPSA) is 83.6 Å². The van der Waals surface area contributed by atoms with Gasteiger partial charge in [0.2, 0.25) is 5.95 Å². The van der Waals surface area contributed by atoms with Crippen molar-refractivity contribution >= 4 is 11.9 Å². The number of carbonyl (C=O) groups excluding carboxylic acids is 1. The van der Waals surface area contributed by atoms with Gasteiger partial charge in [0.1, 0.15) is 12.0 Å². The summed E-state index contributed by atoms with van der Waals surface area (Å²) in [6, 6.07) is 3.60. The van der Waals surface area contributed by atoms with Crippen LogP contribution in [-0.2, 0) is 0 Å². The fourth-order valence-electron chi connectivity index (χ4n) is 1.16. The first-order valence-electron chi connectivity index (χ1n) is 4.35. The van der Waals surface area contributed by atoms with E-state index in [-0.39, 0.29) is 5.91 Å². The van der Waals surface area contributed by atoms with Gasteiger partial charge in [0, 0.05) is 6.20 Å². The molecular weight excluding hydrogens is 194 g/mol. The van der Waals surface area contributed by atoms with E-state index in [1.807, 2.05) is 13.0 Å². The van der Waals surface area contributed by atoms with Crippen molar-refractivity contribution < 1.29 is 4.79 Å². The van der Waals surface area contributed by atoms with E-state index < -0.39 is 0 Å². The van der Waals surface area contributed by atoms with Crippen molar-refractivity contribution in [3.05, 3.63) is 35.9 Å². The number of aryl methyl sites for hydroxylation is 1. The summed E-state index contributed by atoms with van der Waals surface area (Å²) in [6.07, 6.45) is 2.89. The molecule has 0 saturated heterocycles. The molecule has 0 aromatic carbocycles. The third-order valence-corrected chi connectivity index (χ3v) is 1.87. The van der Waals surface area contributed by atoms with Crippen molar-refractivity contribution in [3.8, 4) is 0 Å². The van der Waals surface area contributed by atoms with Gasteiger partial charge in [-0.2, -0.15) is 10.1 Å². The number of anilines is 1. The fraction of sp³-hybridized carbons (Fsp3) is 0.111. The number of pyridine rings is 1. The van der Waals surface area contributed by atoms with Gasteiger partial charge in [-0.05, 0) is 18.6 Å². The maximum atomic E-state index is 11.7. The molecule has 0 saturated carbocycles. The molecule has 0 aliphatic heterocycles. The van der Waals surface area contributed by atoms with Crippen LogP contribution in [0, 0.1) is 6.92 Å². The van der Waals surface area contributed by atoms with Gasteiger partial charge in [0.15, 0.2) is 0 Å². The van der Waals surface area contributed by atoms with E-state index in [2.05, 4.69) is 25.5 Å². The van der Waals surface area contributed by atoms with Crippen molar-refractivity contribution in [3.63, 3.8) is 0 Å². The molecule has 0 aliphatic rings. The average Bonchev–Trinajstić information content (AvgIpc) is 2.71. The summed E-state index contributed by atoms with van der Waals surface area (Å²) in [6.45, 7) is 1.82. The van der Waals surface area contributed by atoms with Gasteiger partial charge in [-0.1, -0.05) is 6.07 Å². The molecule has 0 aliphatic carbocycles. The summed E-state index contributed by atoms with van der Waals surface area (Å²) in [7, 11) is 0. The number of aromatic nitrogens is 4. The summed E-state index contributed by atoms with van der Waals surface area (Å²) >= 11 is 0. The lowest BCUT2D eigenvalue weighted by Gasteiger charge is -2.02. The number of H-pyrrole nitrogens is 1. The molecule has 6 heteroatoms. The summed E-state index contributed by atoms with van der Waals surface area (Å²) in [5.41, 5.74) is 1.20. The molecule has 0 fully saturated rings. The monoisotopic (exact) mass is 203 g/mol. The summed E-state index contributed by atoms with van der Waals surface area (Å²) < 4.78 is 0. The molecule has 1 amide bonds. The maximum absolute atomic E-state index is 11.7. The Labute approximate surface area is 85.8 Å². The van der Waals surface area contributed by atoms with Crippen LogP contribution in [0.15, 0.2) is 24.7 Å². The van der Waals surface area contributed by atoms with Crippen LogP contribution < -0.4 is 5.32 Å². The van der Waals surface area contributed by atoms with Crippen LogP contribution in [0.2, 0.25) is 0 Å². The van der Waals surface area contributed by atoms with Crippen LogP contribution in [0.1, 0.15) is 16.1 Å². The molecule has 2 aromatic heterocycles. The number of rotatable bonds is 2. The second-order valence-corrected chi connectivity index (χ2v) is 2.96. The third-order valence-electron chi connectivity index (χ3n) is 1.87. The van der Waals surface area contributed by atoms with Gasteiger partial charge < -0.3 is 0 Å². The van der Waals surface area contributed by atoms with Crippen LogP contribution in [0.3, 0.4) is 0 Å². The van der Waals surface area contributed by atoms with Crippen LogP contribution in [0.4, 0.5) is 5.95 Å². The van der Waals surface area contributed by atoms with Crippen molar-refractivity contribution in [2.45, 2.75) is 6.92 Å². The molecule has 0 bridgehead atoms. The summed E-state index contributed by atoms with van der Waals surface area (Å²) in [5, 5.41) is 8.70. The zero-order valence-electron chi connectivity index (χ0n) is 8.06. The van der Waals surface area contributed by atoms with E-state index in [1.54, 1.807) is 12.3 Å². The second-order valence-electron chi connectivity index (χ2n) is 2.96. The molecule has 2 heterocycles. The minimum atomic E-state index is -0.301. The standard InChI is InChI=1S/C9H9N5O/c1-6-3-2-4-10-7(6)8(15)13-9-11-5-12-14-9/h2-5H,1H3,(H2,11,12,13,14,15). The SMILES string of the molecule is Cc1cccnc1C(=O)Nc1ncn[nH]1. The van der Waals surface area contributed by atoms with E-state index in [1.165, 1.54) is 6.33 Å². The smallest absolute Gasteiger partial charge is 0.276 e. The molecule has 0 spiro atoms. The average molecular weight is 203 g/mol. The molecule has 6 nitrogen and oxygen atoms in total. The molecule has 2 aromatic rings. The first kappa shape index (κ1) is 9.32. The van der Waals surface area contributed by atoms with Crippen LogP contribution >= 0.6 is 0 Å². The van der Waals surface area contributed by atoms with Gasteiger partial charge in [0.05, 0.1) is 0 Å². The Balaban J connectivity index is 2.19. The number of nitrogens with one attached hydrogen (secondary N) is 2. The first-order valence-corrected chi connectivity index (χ1v) is 4.35. The zero-order valence-corrected chi connectivity index (χ0v) is 8.06. The number of amides is 1. The first-order chi connectivity index (χ1) is 7.27. The largest absolute Gasteiger partial charge is 0.289 e. The highest BCUT2D eigenvalue weighted by molar-refractivity contribution is 6.02. The predicted molar refractivity (Wildman–Crippen MR) is 53.3 cm³/mol. The van der Waals surface area contributed by atoms with E-state index in [0.29, 0.717) is 11.6 Å². The van der Waals surface area contributed by atoms with E-state index in [4.69, 9.17) is 0 Å². The van der Waals surface area contributed by atoms with Gasteiger partial charge >= 0.3 is 0 Å². The van der Waals surface area contributed by atoms with E-state index in [9.17, 15) is 4.79 Å². The van der Waals surface area contributed by atoms with Crippen molar-refractivity contribution in [1.29, 1.82) is 0 Å². The lowest BCUT2D eigenvalue weighted by molar-refractivity contribution is 0.102. The Kier molecular flexibility index (Phi) is 2.40. The van der Waals surface area contributed by atoms with Crippen LogP contribution in [0.5, 0.6) is 0 Å². The Morgan fingerprint density at radius 1 is 1.47 bits per heavy atom. The molecule has 15 heavy (non-hydrogen) atoms. The maximum Gasteiger partial charge on any atom is 0.276 e. The van der Waals surface area contributed by atoms with Gasteiger partial charge in [0.25, 0.3) is 5.91 Å². The highest BCUT2D eigenvalue weighted by atomic mass is 16.2. The minimum Gasteiger partial charge on any atom is -0.289 e. The molecule has 76 valence electrons. The van der Waals surface area contributed by atoms with E-state index in [0.717, 1.165) is 5.56 Å². The lowest BCUT2D eigenvalue weighted by Crippen LogP contribution is -2.15. The fourth-order valence-corrected chi connectivity index (χ4v) is 1.16. The van der Waals surface area contributed by atoms with E-state index >= 15 is 0 Å². The molecular formula is C9H9N5O. The molecule has 2 N–H and O–H groups in total. The van der Waals surface area contributed by atoms with Crippen LogP contribution in [-0.4, -0.2) is 26.1 Å². The van der Waals surface area contributed by atoms with Gasteiger partial charge in [-0.3, -0.25) is 15.1 Å². The quantitative estimate of drug-likeness (QED) is 0.754. The van der Waals surface area contributed by atoms with Gasteiger partial charge in [-0.25, -0.2) is 5.10 Å². The third kappa shape index (κ3) is 1.98. The number of nitrogens with zero attached hydrogens (tertiary/aromatic N) is 3. The zero-order chi connectivity index (χ0) is 10.7. The number of aromatic amines is 1. The summed E-state index contributed by atoms with van der Waals surface area (Å²) in [4.78, 5) is 19.4. The Hall–Kier alpha value is -2.24. The highest BCUT2D eigenvalue weighted by Crippen LogP contribution is 2.05. The Morgan fingerprint density at radius 3 is 3.00 bits per heavy atom. The molecule has 0 unspecified atom stereocenters. The normalized spacial score (nSPS) is 9.93. The Morgan fingerprint density at radius 2 is 2.33 bits per heavy atom. The Bertz CT molecular complexity index is 465. The molecule has 0 radical (unpaired) electrons. The predicted octanol–water partition coefficient (Wildman–Crippen LogP) is 0.760. The minimum absolute atomic E-state index is 0.301. The van der Waals surface area contributed by atoms with Crippen LogP contribution in [0.25, 0.3) is 0 Å². The number of hydrogen-bond donors (Lipinski definition) is 2. The number of hydrogen-bond acceptors (Lipinski definition) is 4. The highest BCUT2D eigenvalue weighted by Gasteiger charge is 2.10. The second kappa shape index (κ2) is 3.87. The molecule has 2 rings (SSSR count). The van der Waals surface area contributed by atoms with Crippen molar-refractivity contribution in [2.24, 2.45) is 0 Å². The lowest BCUT2D eigenvalue weighted by atomic mass is 10.2. The number of carbonyl (C=O) groups is 1. The summed E-state index contributed by atoms with van der Waals surface area (Å²) in [5.74, 6) is 0.00917. The van der Waals surface area contributed by atoms with Gasteiger partial charge in [-0.15, -0.1) is 0 Å². The molecule has 0 atom stereocenters. The van der Waals surface area contributed by atoms with Crippen molar-refractivity contribution in [1.82, 2.24) is 20.2 Å². The van der Waals surface area contributed by atoms with Crippen molar-refractivity contribution in [2.75, 3.05) is 5.32 Å².